The highest BCUT2D eigenvalue weighted by atomic mass is 16.3. The quantitative estimate of drug-likeness (QED) is 0.876. The predicted octanol–water partition coefficient (Wildman–Crippen LogP) is 1.73. The van der Waals surface area contributed by atoms with E-state index in [9.17, 15) is 9.90 Å². The molecule has 2 aromatic rings. The third kappa shape index (κ3) is 3.55. The highest BCUT2D eigenvalue weighted by Gasteiger charge is 2.34. The van der Waals surface area contributed by atoms with Gasteiger partial charge in [-0.3, -0.25) is 4.79 Å². The molecular weight excluding hydrogens is 328 g/mol. The third-order valence-electron chi connectivity index (χ3n) is 5.33. The van der Waals surface area contributed by atoms with Gasteiger partial charge >= 0.3 is 0 Å². The summed E-state index contributed by atoms with van der Waals surface area (Å²) in [5.74, 6) is 0.497. The standard InChI is InChI=1S/C20H24N4O2/c25-18(17-7-6-15-4-1-5-16(15)12-17)23-13-20(26)8-2-11-24(14-20)19-21-9-3-10-22-19/h3,6-7,9-10,12,26H,1-2,4-5,8,11,13-14H2,(H,23,25)/t20-/m1/s1. The maximum atomic E-state index is 12.5. The number of nitrogens with one attached hydrogen (secondary N) is 1. The topological polar surface area (TPSA) is 78.4 Å². The van der Waals surface area contributed by atoms with Crippen LogP contribution in [0.3, 0.4) is 0 Å². The summed E-state index contributed by atoms with van der Waals surface area (Å²) in [6.07, 6.45) is 8.21. The minimum atomic E-state index is -0.968. The Hall–Kier alpha value is -2.47. The van der Waals surface area contributed by atoms with Crippen molar-refractivity contribution in [1.82, 2.24) is 15.3 Å². The number of aliphatic hydroxyl groups is 1. The summed E-state index contributed by atoms with van der Waals surface area (Å²) in [6, 6.07) is 7.71. The van der Waals surface area contributed by atoms with Crippen LogP contribution in [0.5, 0.6) is 0 Å². The fraction of sp³-hybridized carbons (Fsp3) is 0.450. The molecule has 0 unspecified atom stereocenters. The van der Waals surface area contributed by atoms with E-state index in [0.29, 0.717) is 24.5 Å². The van der Waals surface area contributed by atoms with Crippen LogP contribution >= 0.6 is 0 Å². The Balaban J connectivity index is 1.39. The molecule has 0 bridgehead atoms. The third-order valence-corrected chi connectivity index (χ3v) is 5.33. The molecule has 1 aliphatic heterocycles. The number of hydrogen-bond acceptors (Lipinski definition) is 5. The number of aryl methyl sites for hydroxylation is 2. The van der Waals surface area contributed by atoms with E-state index in [1.807, 2.05) is 17.0 Å². The number of hydrogen-bond donors (Lipinski definition) is 2. The van der Waals surface area contributed by atoms with Gasteiger partial charge in [0.1, 0.15) is 0 Å². The molecule has 2 aliphatic rings. The molecule has 2 N–H and O–H groups in total. The number of fused-ring (bicyclic) bond motifs is 1. The second-order valence-electron chi connectivity index (χ2n) is 7.32. The minimum absolute atomic E-state index is 0.124. The first kappa shape index (κ1) is 17.0. The Bertz CT molecular complexity index is 796. The number of carbonyl (C=O) groups is 1. The van der Waals surface area contributed by atoms with Crippen LogP contribution in [0.1, 0.15) is 40.7 Å². The van der Waals surface area contributed by atoms with Gasteiger partial charge in [-0.25, -0.2) is 9.97 Å². The second-order valence-corrected chi connectivity index (χ2v) is 7.32. The van der Waals surface area contributed by atoms with Crippen LogP contribution in [0.2, 0.25) is 0 Å². The molecule has 6 heteroatoms. The van der Waals surface area contributed by atoms with Gasteiger partial charge in [-0.15, -0.1) is 0 Å². The first-order valence-electron chi connectivity index (χ1n) is 9.27. The Morgan fingerprint density at radius 1 is 1.19 bits per heavy atom. The Kier molecular flexibility index (Phi) is 4.59. The summed E-state index contributed by atoms with van der Waals surface area (Å²) in [5, 5.41) is 13.9. The summed E-state index contributed by atoms with van der Waals surface area (Å²) in [7, 11) is 0. The molecule has 2 heterocycles. The number of aromatic nitrogens is 2. The first-order chi connectivity index (χ1) is 12.6. The van der Waals surface area contributed by atoms with Crippen molar-refractivity contribution in [2.75, 3.05) is 24.5 Å². The molecule has 1 aliphatic carbocycles. The number of piperidine rings is 1. The highest BCUT2D eigenvalue weighted by molar-refractivity contribution is 5.94. The molecule has 1 fully saturated rings. The number of rotatable bonds is 4. The predicted molar refractivity (Wildman–Crippen MR) is 99.2 cm³/mol. The van der Waals surface area contributed by atoms with E-state index in [1.54, 1.807) is 18.5 Å². The zero-order valence-electron chi connectivity index (χ0n) is 14.8. The molecule has 136 valence electrons. The lowest BCUT2D eigenvalue weighted by molar-refractivity contribution is 0.0252. The van der Waals surface area contributed by atoms with Crippen molar-refractivity contribution in [3.63, 3.8) is 0 Å². The molecule has 1 atom stereocenters. The molecule has 0 saturated carbocycles. The molecule has 1 saturated heterocycles. The monoisotopic (exact) mass is 352 g/mol. The summed E-state index contributed by atoms with van der Waals surface area (Å²) in [5.41, 5.74) is 2.34. The van der Waals surface area contributed by atoms with Crippen LogP contribution in [-0.2, 0) is 12.8 Å². The lowest BCUT2D eigenvalue weighted by atomic mass is 9.92. The molecule has 0 spiro atoms. The average Bonchev–Trinajstić information content (AvgIpc) is 3.15. The molecule has 0 radical (unpaired) electrons. The lowest BCUT2D eigenvalue weighted by Gasteiger charge is -2.39. The molecule has 1 aromatic heterocycles. The summed E-state index contributed by atoms with van der Waals surface area (Å²) in [4.78, 5) is 23.0. The van der Waals surface area contributed by atoms with Gasteiger partial charge in [-0.1, -0.05) is 6.07 Å². The van der Waals surface area contributed by atoms with E-state index in [-0.39, 0.29) is 12.5 Å². The van der Waals surface area contributed by atoms with Gasteiger partial charge in [-0.2, -0.15) is 0 Å². The van der Waals surface area contributed by atoms with E-state index in [1.165, 1.54) is 11.1 Å². The smallest absolute Gasteiger partial charge is 0.251 e. The molecule has 1 aromatic carbocycles. The molecule has 4 rings (SSSR count). The van der Waals surface area contributed by atoms with Crippen molar-refractivity contribution >= 4 is 11.9 Å². The number of nitrogens with zero attached hydrogens (tertiary/aromatic N) is 3. The van der Waals surface area contributed by atoms with Gasteiger partial charge in [0.15, 0.2) is 0 Å². The summed E-state index contributed by atoms with van der Waals surface area (Å²) >= 11 is 0. The summed E-state index contributed by atoms with van der Waals surface area (Å²) < 4.78 is 0. The summed E-state index contributed by atoms with van der Waals surface area (Å²) in [6.45, 7) is 1.46. The van der Waals surface area contributed by atoms with Gasteiger partial charge in [0.25, 0.3) is 5.91 Å². The lowest BCUT2D eigenvalue weighted by Crippen LogP contribution is -2.54. The van der Waals surface area contributed by atoms with E-state index in [2.05, 4.69) is 21.4 Å². The van der Waals surface area contributed by atoms with Crippen LogP contribution in [0.25, 0.3) is 0 Å². The maximum Gasteiger partial charge on any atom is 0.251 e. The first-order valence-corrected chi connectivity index (χ1v) is 9.27. The molecule has 26 heavy (non-hydrogen) atoms. The van der Waals surface area contributed by atoms with Gasteiger partial charge in [-0.05, 0) is 61.4 Å². The minimum Gasteiger partial charge on any atom is -0.386 e. The van der Waals surface area contributed by atoms with E-state index in [0.717, 1.165) is 32.2 Å². The van der Waals surface area contributed by atoms with Gasteiger partial charge in [0, 0.05) is 31.0 Å². The van der Waals surface area contributed by atoms with E-state index < -0.39 is 5.60 Å². The van der Waals surface area contributed by atoms with Crippen LogP contribution in [-0.4, -0.2) is 46.2 Å². The Morgan fingerprint density at radius 3 is 2.85 bits per heavy atom. The van der Waals surface area contributed by atoms with E-state index >= 15 is 0 Å². The number of anilines is 1. The van der Waals surface area contributed by atoms with Crippen molar-refractivity contribution in [3.8, 4) is 0 Å². The van der Waals surface area contributed by atoms with Crippen LogP contribution < -0.4 is 10.2 Å². The van der Waals surface area contributed by atoms with Gasteiger partial charge in [0.05, 0.1) is 12.1 Å². The van der Waals surface area contributed by atoms with Crippen molar-refractivity contribution in [2.24, 2.45) is 0 Å². The van der Waals surface area contributed by atoms with Crippen LogP contribution in [0.4, 0.5) is 5.95 Å². The van der Waals surface area contributed by atoms with Gasteiger partial charge < -0.3 is 15.3 Å². The number of benzene rings is 1. The van der Waals surface area contributed by atoms with Gasteiger partial charge in [0.2, 0.25) is 5.95 Å². The molecule has 6 nitrogen and oxygen atoms in total. The highest BCUT2D eigenvalue weighted by Crippen LogP contribution is 2.24. The van der Waals surface area contributed by atoms with Crippen LogP contribution in [0, 0.1) is 0 Å². The van der Waals surface area contributed by atoms with Crippen molar-refractivity contribution in [1.29, 1.82) is 0 Å². The van der Waals surface area contributed by atoms with Crippen molar-refractivity contribution in [3.05, 3.63) is 53.3 Å². The number of carbonyl (C=O) groups excluding carboxylic acids is 1. The maximum absolute atomic E-state index is 12.5. The molecular formula is C20H24N4O2. The zero-order valence-corrected chi connectivity index (χ0v) is 14.8. The molecule has 1 amide bonds. The SMILES string of the molecule is O=C(NC[C@]1(O)CCCN(c2ncccn2)C1)c1ccc2c(c1)CCC2. The Morgan fingerprint density at radius 2 is 2.00 bits per heavy atom. The van der Waals surface area contributed by atoms with Crippen molar-refractivity contribution in [2.45, 2.75) is 37.7 Å². The van der Waals surface area contributed by atoms with E-state index in [4.69, 9.17) is 0 Å². The Labute approximate surface area is 153 Å². The second kappa shape index (κ2) is 7.03. The average molecular weight is 352 g/mol. The van der Waals surface area contributed by atoms with Crippen molar-refractivity contribution < 1.29 is 9.90 Å². The largest absolute Gasteiger partial charge is 0.386 e. The number of β-amino-alcohol motifs (C(OH)–C–C–N with tert-alkyl or cyclic N) is 1. The zero-order chi connectivity index (χ0) is 18.0. The van der Waals surface area contributed by atoms with Crippen LogP contribution in [0.15, 0.2) is 36.7 Å². The fourth-order valence-electron chi connectivity index (χ4n) is 3.94. The fourth-order valence-corrected chi connectivity index (χ4v) is 3.94. The number of amides is 1. The normalized spacial score (nSPS) is 22.1.